The van der Waals surface area contributed by atoms with Crippen LogP contribution in [0.25, 0.3) is 10.8 Å². The maximum absolute atomic E-state index is 11.8. The zero-order valence-electron chi connectivity index (χ0n) is 21.2. The van der Waals surface area contributed by atoms with Crippen molar-refractivity contribution in [1.29, 1.82) is 0 Å². The van der Waals surface area contributed by atoms with Crippen molar-refractivity contribution < 1.29 is 38.9 Å². The van der Waals surface area contributed by atoms with Gasteiger partial charge in [-0.25, -0.2) is 0 Å². The molecule has 0 bridgehead atoms. The Bertz CT molecular complexity index is 2110. The third-order valence-corrected chi connectivity index (χ3v) is 8.46. The zero-order valence-corrected chi connectivity index (χ0v) is 23.6. The molecule has 4 rings (SSSR count). The average molecular weight is 620 g/mol. The number of azo groups is 2. The summed E-state index contributed by atoms with van der Waals surface area (Å²) in [6, 6.07) is 12.0. The van der Waals surface area contributed by atoms with E-state index in [1.54, 1.807) is 26.0 Å². The minimum atomic E-state index is -4.90. The first-order chi connectivity index (χ1) is 18.9. The number of hydrogen-bond donors (Lipinski definition) is 4. The van der Waals surface area contributed by atoms with Crippen LogP contribution in [-0.2, 0) is 30.4 Å². The summed E-state index contributed by atoms with van der Waals surface area (Å²) >= 11 is 0. The molecule has 14 nitrogen and oxygen atoms in total. The lowest BCUT2D eigenvalue weighted by Crippen LogP contribution is -2.02. The van der Waals surface area contributed by atoms with Gasteiger partial charge in [0.15, 0.2) is 0 Å². The van der Waals surface area contributed by atoms with E-state index in [0.717, 1.165) is 29.3 Å². The molecule has 0 saturated carbocycles. The van der Waals surface area contributed by atoms with E-state index in [1.807, 2.05) is 0 Å². The van der Waals surface area contributed by atoms with Gasteiger partial charge in [-0.05, 0) is 79.6 Å². The van der Waals surface area contributed by atoms with Crippen LogP contribution in [0.1, 0.15) is 11.1 Å². The highest BCUT2D eigenvalue weighted by atomic mass is 32.2. The molecule has 0 unspecified atom stereocenters. The fourth-order valence-corrected chi connectivity index (χ4v) is 5.34. The third kappa shape index (κ3) is 6.62. The molecule has 0 spiro atoms. The highest BCUT2D eigenvalue weighted by Crippen LogP contribution is 2.38. The largest absolute Gasteiger partial charge is 0.399 e. The van der Waals surface area contributed by atoms with Gasteiger partial charge < -0.3 is 5.73 Å². The van der Waals surface area contributed by atoms with Crippen LogP contribution in [-0.4, -0.2) is 38.9 Å². The Kier molecular flexibility index (Phi) is 7.78. The summed E-state index contributed by atoms with van der Waals surface area (Å²) in [6.45, 7) is 3.60. The molecule has 0 radical (unpaired) electrons. The van der Waals surface area contributed by atoms with Crippen LogP contribution in [0.2, 0.25) is 0 Å². The normalized spacial score (nSPS) is 13.0. The summed E-state index contributed by atoms with van der Waals surface area (Å²) in [5.74, 6) is 0. The van der Waals surface area contributed by atoms with Crippen LogP contribution in [0.4, 0.5) is 28.4 Å². The van der Waals surface area contributed by atoms with Crippen LogP contribution in [0, 0.1) is 13.8 Å². The predicted octanol–water partition coefficient (Wildman–Crippen LogP) is 5.61. The Morgan fingerprint density at radius 1 is 0.537 bits per heavy atom. The summed E-state index contributed by atoms with van der Waals surface area (Å²) in [4.78, 5) is -2.02. The number of nitrogen functional groups attached to an aromatic ring is 1. The Balaban J connectivity index is 1.91. The fourth-order valence-electron chi connectivity index (χ4n) is 3.73. The third-order valence-electron chi connectivity index (χ3n) is 5.86. The van der Waals surface area contributed by atoms with Gasteiger partial charge >= 0.3 is 0 Å². The van der Waals surface area contributed by atoms with E-state index in [2.05, 4.69) is 20.5 Å². The van der Waals surface area contributed by atoms with Crippen molar-refractivity contribution in [3.05, 3.63) is 71.8 Å². The highest BCUT2D eigenvalue weighted by molar-refractivity contribution is 7.86. The molecule has 0 aromatic heterocycles. The molecule has 0 heterocycles. The maximum atomic E-state index is 11.8. The Hall–Kier alpha value is -4.13. The Morgan fingerprint density at radius 3 is 1.63 bits per heavy atom. The molecular weight excluding hydrogens is 598 g/mol. The molecule has 4 aromatic carbocycles. The molecule has 214 valence electrons. The van der Waals surface area contributed by atoms with E-state index in [4.69, 9.17) is 5.73 Å². The van der Waals surface area contributed by atoms with E-state index >= 15 is 0 Å². The van der Waals surface area contributed by atoms with Crippen LogP contribution in [0.15, 0.2) is 95.8 Å². The van der Waals surface area contributed by atoms with Crippen LogP contribution in [0.5, 0.6) is 0 Å². The second-order valence-electron chi connectivity index (χ2n) is 8.76. The fraction of sp³-hybridized carbons (Fsp3) is 0.0833. The van der Waals surface area contributed by atoms with Crippen molar-refractivity contribution in [2.45, 2.75) is 28.5 Å². The first-order valence-corrected chi connectivity index (χ1v) is 15.6. The van der Waals surface area contributed by atoms with Gasteiger partial charge in [0, 0.05) is 16.5 Å². The number of anilines is 1. The first-order valence-electron chi connectivity index (χ1n) is 11.3. The number of benzene rings is 4. The quantitative estimate of drug-likeness (QED) is 0.113. The zero-order chi connectivity index (χ0) is 30.3. The molecule has 17 heteroatoms. The molecule has 0 aliphatic rings. The molecule has 41 heavy (non-hydrogen) atoms. The number of nitrogens with two attached hydrogens (primary N) is 1. The van der Waals surface area contributed by atoms with Crippen molar-refractivity contribution in [3.8, 4) is 0 Å². The van der Waals surface area contributed by atoms with Crippen LogP contribution >= 0.6 is 0 Å². The number of hydrogen-bond acceptors (Lipinski definition) is 11. The van der Waals surface area contributed by atoms with Gasteiger partial charge in [-0.1, -0.05) is 6.07 Å². The van der Waals surface area contributed by atoms with Crippen molar-refractivity contribution >= 4 is 69.6 Å². The Morgan fingerprint density at radius 2 is 1.05 bits per heavy atom. The molecule has 4 aromatic rings. The van der Waals surface area contributed by atoms with Gasteiger partial charge in [0.1, 0.15) is 10.6 Å². The van der Waals surface area contributed by atoms with Gasteiger partial charge in [-0.2, -0.15) is 30.4 Å². The first kappa shape index (κ1) is 29.8. The van der Waals surface area contributed by atoms with E-state index in [-0.39, 0.29) is 16.8 Å². The lowest BCUT2D eigenvalue weighted by molar-refractivity contribution is 0.478. The highest BCUT2D eigenvalue weighted by Gasteiger charge is 2.20. The van der Waals surface area contributed by atoms with E-state index in [1.165, 1.54) is 18.2 Å². The topological polar surface area (TPSA) is 239 Å². The second-order valence-corrected chi connectivity index (χ2v) is 13.0. The van der Waals surface area contributed by atoms with Crippen molar-refractivity contribution in [1.82, 2.24) is 0 Å². The van der Waals surface area contributed by atoms with Gasteiger partial charge in [0.2, 0.25) is 0 Å². The molecule has 0 amide bonds. The van der Waals surface area contributed by atoms with Gasteiger partial charge in [0.25, 0.3) is 30.4 Å². The summed E-state index contributed by atoms with van der Waals surface area (Å²) in [5, 5.41) is 16.6. The second kappa shape index (κ2) is 10.7. The lowest BCUT2D eigenvalue weighted by atomic mass is 10.1. The molecule has 0 aliphatic heterocycles. The summed E-state index contributed by atoms with van der Waals surface area (Å²) < 4.78 is 98.8. The van der Waals surface area contributed by atoms with Crippen molar-refractivity contribution in [2.75, 3.05) is 5.73 Å². The predicted molar refractivity (Wildman–Crippen MR) is 149 cm³/mol. The van der Waals surface area contributed by atoms with E-state index in [0.29, 0.717) is 28.9 Å². The van der Waals surface area contributed by atoms with Crippen molar-refractivity contribution in [2.24, 2.45) is 20.5 Å². The number of rotatable bonds is 7. The number of fused-ring (bicyclic) bond motifs is 1. The summed E-state index contributed by atoms with van der Waals surface area (Å²) in [7, 11) is -14.3. The average Bonchev–Trinajstić information content (AvgIpc) is 2.87. The minimum absolute atomic E-state index is 0.0532. The number of nitrogens with zero attached hydrogens (tertiary/aromatic N) is 4. The Labute approximate surface area is 234 Å². The standard InChI is InChI=1S/C24H21N5O9S3/c1-13-10-22(14(2)9-19(13)25)28-26-20-6-7-21(18-11-15(39(30,31)32)3-5-17(18)20)27-29-23-12-16(40(33,34)35)4-8-24(23)41(36,37)38/h3-12H,25H2,1-2H3,(H,30,31,32)(H,33,34,35)(H,36,37,38). The molecule has 0 atom stereocenters. The molecule has 5 N–H and O–H groups in total. The van der Waals surface area contributed by atoms with Gasteiger partial charge in [0.05, 0.1) is 26.9 Å². The van der Waals surface area contributed by atoms with E-state index < -0.39 is 50.7 Å². The van der Waals surface area contributed by atoms with Crippen molar-refractivity contribution in [3.63, 3.8) is 0 Å². The molecular formula is C24H21N5O9S3. The summed E-state index contributed by atoms with van der Waals surface area (Å²) in [6.07, 6.45) is 0. The number of aryl methyl sites for hydroxylation is 2. The van der Waals surface area contributed by atoms with E-state index in [9.17, 15) is 38.9 Å². The molecule has 0 fully saturated rings. The lowest BCUT2D eigenvalue weighted by Gasteiger charge is -2.08. The molecule has 0 aliphatic carbocycles. The van der Waals surface area contributed by atoms with Gasteiger partial charge in [-0.15, -0.1) is 15.3 Å². The maximum Gasteiger partial charge on any atom is 0.296 e. The SMILES string of the molecule is Cc1cc(N=Nc2ccc(N=Nc3cc(S(=O)(=O)O)ccc3S(=O)(=O)O)c3cc(S(=O)(=O)O)ccc23)c(C)cc1N. The van der Waals surface area contributed by atoms with Gasteiger partial charge in [-0.3, -0.25) is 13.7 Å². The molecule has 0 saturated heterocycles. The summed E-state index contributed by atoms with van der Waals surface area (Å²) in [5.41, 5.74) is 8.14. The monoisotopic (exact) mass is 619 g/mol. The minimum Gasteiger partial charge on any atom is -0.399 e. The van der Waals surface area contributed by atoms with Crippen LogP contribution < -0.4 is 5.73 Å². The van der Waals surface area contributed by atoms with Crippen LogP contribution in [0.3, 0.4) is 0 Å². The smallest absolute Gasteiger partial charge is 0.296 e.